The lowest BCUT2D eigenvalue weighted by Gasteiger charge is -2.41. The van der Waals surface area contributed by atoms with Gasteiger partial charge in [0.05, 0.1) is 17.4 Å². The molecule has 3 rings (SSSR count). The summed E-state index contributed by atoms with van der Waals surface area (Å²) in [5.74, 6) is -4.69. The van der Waals surface area contributed by atoms with Crippen LogP contribution in [0.1, 0.15) is 57.3 Å². The maximum atomic E-state index is 15.0. The van der Waals surface area contributed by atoms with E-state index in [0.717, 1.165) is 23.8 Å². The maximum absolute atomic E-state index is 15.0. The zero-order valence-corrected chi connectivity index (χ0v) is 31.5. The first-order valence-corrected chi connectivity index (χ1v) is 18.2. The lowest BCUT2D eigenvalue weighted by molar-refractivity contribution is -0.140. The molecular weight excluding hydrogens is 758 g/mol. The number of aliphatic hydroxyl groups excluding tert-OH is 1. The average Bonchev–Trinajstić information content (AvgIpc) is 3.52. The summed E-state index contributed by atoms with van der Waals surface area (Å²) in [6.45, 7) is 5.07. The Morgan fingerprint density at radius 3 is 2.23 bits per heavy atom. The second-order valence-corrected chi connectivity index (χ2v) is 14.1. The number of rotatable bonds is 19. The minimum Gasteiger partial charge on any atom is -0.481 e. The number of nitrogens with one attached hydrogen (secondary N) is 3. The molecule has 0 saturated heterocycles. The summed E-state index contributed by atoms with van der Waals surface area (Å²) in [5, 5.41) is 26.6. The van der Waals surface area contributed by atoms with Crippen LogP contribution in [-0.2, 0) is 30.5 Å². The number of aliphatic hydroxyl groups is 1. The molecule has 3 aromatic rings. The fraction of sp³-hybridized carbons (Fsp3) is 0.432. The Labute approximate surface area is 315 Å². The van der Waals surface area contributed by atoms with Gasteiger partial charge in [0, 0.05) is 55.6 Å². The van der Waals surface area contributed by atoms with E-state index in [1.54, 1.807) is 12.3 Å². The third-order valence-electron chi connectivity index (χ3n) is 8.39. The molecule has 7 N–H and O–H groups in total. The highest BCUT2D eigenvalue weighted by molar-refractivity contribution is 9.09. The van der Waals surface area contributed by atoms with Gasteiger partial charge < -0.3 is 41.4 Å². The van der Waals surface area contributed by atoms with E-state index in [2.05, 4.69) is 31.9 Å². The Kier molecular flexibility index (Phi) is 16.1. The number of carboxylic acids is 1. The third kappa shape index (κ3) is 12.8. The number of carbonyl (C=O) groups excluding carboxylic acids is 4. The SMILES string of the molecule is CC(C)(C)[C@H](c1cc(-c2cc(F)ccc2F)cn1Cc1ccccc1)N(CC[C@H](N)C(=O)NCCNC(=O)[C@@H](CCC(=O)O)NC(=O)CBr)C(=O)CO. The molecule has 1 heterocycles. The number of halogens is 3. The van der Waals surface area contributed by atoms with Crippen LogP contribution >= 0.6 is 15.9 Å². The zero-order valence-electron chi connectivity index (χ0n) is 29.9. The first-order chi connectivity index (χ1) is 25.0. The first-order valence-electron chi connectivity index (χ1n) is 17.0. The summed E-state index contributed by atoms with van der Waals surface area (Å²) in [6.07, 6.45) is 1.21. The van der Waals surface area contributed by atoms with Gasteiger partial charge in [-0.3, -0.25) is 24.0 Å². The van der Waals surface area contributed by atoms with E-state index < -0.39 is 71.4 Å². The number of nitrogens with two attached hydrogens (primary N) is 1. The van der Waals surface area contributed by atoms with Crippen molar-refractivity contribution in [2.24, 2.45) is 11.1 Å². The molecule has 0 saturated carbocycles. The van der Waals surface area contributed by atoms with Crippen molar-refractivity contribution in [1.82, 2.24) is 25.4 Å². The molecular formula is C37H47BrF2N6O7. The van der Waals surface area contributed by atoms with E-state index in [0.29, 0.717) is 17.8 Å². The minimum absolute atomic E-state index is 0.0167. The van der Waals surface area contributed by atoms with Gasteiger partial charge in [-0.25, -0.2) is 8.78 Å². The number of carbonyl (C=O) groups is 5. The van der Waals surface area contributed by atoms with E-state index in [9.17, 15) is 33.5 Å². The smallest absolute Gasteiger partial charge is 0.303 e. The molecule has 2 aromatic carbocycles. The summed E-state index contributed by atoms with van der Waals surface area (Å²) < 4.78 is 31.1. The third-order valence-corrected chi connectivity index (χ3v) is 8.90. The molecule has 0 aliphatic carbocycles. The van der Waals surface area contributed by atoms with E-state index in [1.165, 1.54) is 4.90 Å². The predicted octanol–water partition coefficient (Wildman–Crippen LogP) is 3.08. The fourth-order valence-corrected chi connectivity index (χ4v) is 6.07. The molecule has 0 unspecified atom stereocenters. The van der Waals surface area contributed by atoms with Crippen LogP contribution in [0.2, 0.25) is 0 Å². The van der Waals surface area contributed by atoms with Gasteiger partial charge in [0.1, 0.15) is 24.3 Å². The summed E-state index contributed by atoms with van der Waals surface area (Å²) >= 11 is 2.98. The molecule has 53 heavy (non-hydrogen) atoms. The van der Waals surface area contributed by atoms with Crippen LogP contribution in [0.4, 0.5) is 8.78 Å². The maximum Gasteiger partial charge on any atom is 0.303 e. The van der Waals surface area contributed by atoms with Crippen molar-refractivity contribution >= 4 is 45.5 Å². The summed E-state index contributed by atoms with van der Waals surface area (Å²) in [7, 11) is 0. The van der Waals surface area contributed by atoms with Crippen LogP contribution in [0.15, 0.2) is 60.8 Å². The van der Waals surface area contributed by atoms with Gasteiger partial charge in [-0.2, -0.15) is 0 Å². The molecule has 288 valence electrons. The number of aromatic nitrogens is 1. The van der Waals surface area contributed by atoms with E-state index in [1.807, 2.05) is 55.7 Å². The quantitative estimate of drug-likeness (QED) is 0.0786. The highest BCUT2D eigenvalue weighted by Crippen LogP contribution is 2.41. The van der Waals surface area contributed by atoms with Gasteiger partial charge in [0.2, 0.25) is 23.6 Å². The number of carboxylic acid groups (broad SMARTS) is 1. The average molecular weight is 806 g/mol. The molecule has 1 aromatic heterocycles. The molecule has 16 heteroatoms. The minimum atomic E-state index is -1.13. The summed E-state index contributed by atoms with van der Waals surface area (Å²) in [4.78, 5) is 63.1. The molecule has 0 spiro atoms. The number of alkyl halides is 1. The molecule has 0 radical (unpaired) electrons. The Hall–Kier alpha value is -4.67. The van der Waals surface area contributed by atoms with Gasteiger partial charge in [-0.05, 0) is 48.1 Å². The van der Waals surface area contributed by atoms with Gasteiger partial charge >= 0.3 is 5.97 Å². The molecule has 4 amide bonds. The van der Waals surface area contributed by atoms with E-state index >= 15 is 4.39 Å². The lowest BCUT2D eigenvalue weighted by Crippen LogP contribution is -2.50. The van der Waals surface area contributed by atoms with Crippen LogP contribution in [-0.4, -0.2) is 92.9 Å². The Morgan fingerprint density at radius 2 is 1.62 bits per heavy atom. The van der Waals surface area contributed by atoms with Crippen molar-refractivity contribution in [2.75, 3.05) is 31.6 Å². The largest absolute Gasteiger partial charge is 0.481 e. The van der Waals surface area contributed by atoms with Crippen LogP contribution in [0.25, 0.3) is 11.1 Å². The van der Waals surface area contributed by atoms with Crippen LogP contribution < -0.4 is 21.7 Å². The van der Waals surface area contributed by atoms with Crippen molar-refractivity contribution in [3.05, 3.63) is 83.7 Å². The van der Waals surface area contributed by atoms with Gasteiger partial charge in [0.15, 0.2) is 0 Å². The van der Waals surface area contributed by atoms with Crippen molar-refractivity contribution in [3.8, 4) is 11.1 Å². The number of hydrogen-bond donors (Lipinski definition) is 6. The monoisotopic (exact) mass is 804 g/mol. The predicted molar refractivity (Wildman–Crippen MR) is 198 cm³/mol. The van der Waals surface area contributed by atoms with E-state index in [-0.39, 0.29) is 49.8 Å². The normalized spacial score (nSPS) is 13.1. The number of hydrogen-bond acceptors (Lipinski definition) is 7. The van der Waals surface area contributed by atoms with Gasteiger partial charge in [-0.15, -0.1) is 0 Å². The second-order valence-electron chi connectivity index (χ2n) is 13.6. The fourth-order valence-electron chi connectivity index (χ4n) is 5.90. The second kappa shape index (κ2) is 20.0. The number of amides is 4. The summed E-state index contributed by atoms with van der Waals surface area (Å²) in [5.41, 5.74) is 7.50. The van der Waals surface area contributed by atoms with Crippen LogP contribution in [0.5, 0.6) is 0 Å². The highest BCUT2D eigenvalue weighted by atomic mass is 79.9. The molecule has 0 bridgehead atoms. The van der Waals surface area contributed by atoms with Gasteiger partial charge in [-0.1, -0.05) is 67.0 Å². The zero-order chi connectivity index (χ0) is 39.3. The van der Waals surface area contributed by atoms with Crippen LogP contribution in [0, 0.1) is 17.0 Å². The molecule has 0 aliphatic heterocycles. The summed E-state index contributed by atoms with van der Waals surface area (Å²) in [6, 6.07) is 11.4. The number of benzene rings is 2. The number of aliphatic carboxylic acids is 1. The Bertz CT molecular complexity index is 1730. The Morgan fingerprint density at radius 1 is 0.962 bits per heavy atom. The lowest BCUT2D eigenvalue weighted by atomic mass is 9.82. The van der Waals surface area contributed by atoms with Crippen molar-refractivity contribution in [1.29, 1.82) is 0 Å². The molecule has 3 atom stereocenters. The first kappa shape index (κ1) is 42.7. The topological polar surface area (TPSA) is 196 Å². The highest BCUT2D eigenvalue weighted by Gasteiger charge is 2.37. The van der Waals surface area contributed by atoms with Crippen molar-refractivity contribution < 1.29 is 43.0 Å². The molecule has 0 aliphatic rings. The van der Waals surface area contributed by atoms with E-state index in [4.69, 9.17) is 10.8 Å². The van der Waals surface area contributed by atoms with Crippen molar-refractivity contribution in [3.63, 3.8) is 0 Å². The standard InChI is InChI=1S/C37H47BrF2N6O7/c1-37(2,3)34(30-17-24(26-18-25(39)9-10-27(26)40)21-45(30)20-23-7-5-4-6-8-23)46(32(49)22-47)16-13-28(41)35(52)42-14-15-43-36(53)29(11-12-33(50)51)44-31(48)19-38/h4-10,17-18,21,28-29,34,47H,11-16,19-20,22,41H2,1-3H3,(H,42,52)(H,43,53)(H,44,48)(H,50,51)/t28-,29+,34-/m0/s1. The Balaban J connectivity index is 1.79. The molecule has 0 fully saturated rings. The number of nitrogens with zero attached hydrogens (tertiary/aromatic N) is 2. The van der Waals surface area contributed by atoms with Gasteiger partial charge in [0.25, 0.3) is 0 Å². The van der Waals surface area contributed by atoms with Crippen molar-refractivity contribution in [2.45, 2.75) is 64.7 Å². The van der Waals surface area contributed by atoms with Crippen LogP contribution in [0.3, 0.4) is 0 Å². The molecule has 13 nitrogen and oxygen atoms in total.